The molecule has 2 aromatic carbocycles. The van der Waals surface area contributed by atoms with Crippen LogP contribution in [0.5, 0.6) is 17.2 Å². The topological polar surface area (TPSA) is 39.7 Å². The summed E-state index contributed by atoms with van der Waals surface area (Å²) in [4.78, 5) is 0. The molecule has 0 spiro atoms. The van der Waals surface area contributed by atoms with Crippen molar-refractivity contribution in [2.75, 3.05) is 19.5 Å². The molecule has 4 heteroatoms. The van der Waals surface area contributed by atoms with Gasteiger partial charge in [0.05, 0.1) is 25.5 Å². The van der Waals surface area contributed by atoms with Crippen LogP contribution in [0.4, 0.5) is 5.69 Å². The molecule has 0 saturated carbocycles. The second-order valence-electron chi connectivity index (χ2n) is 9.13. The maximum absolute atomic E-state index is 6.41. The second kappa shape index (κ2) is 6.66. The minimum absolute atomic E-state index is 0.0274. The number of hydrogen-bond acceptors (Lipinski definition) is 4. The number of anilines is 1. The summed E-state index contributed by atoms with van der Waals surface area (Å²) in [6, 6.07) is 10.3. The molecule has 27 heavy (non-hydrogen) atoms. The van der Waals surface area contributed by atoms with E-state index in [0.717, 1.165) is 17.0 Å². The molecule has 0 fully saturated rings. The minimum atomic E-state index is -0.318. The van der Waals surface area contributed by atoms with E-state index < -0.39 is 0 Å². The van der Waals surface area contributed by atoms with Crippen LogP contribution in [0.2, 0.25) is 0 Å². The number of methoxy groups -OCH3 is 2. The predicted molar refractivity (Wildman–Crippen MR) is 110 cm³/mol. The van der Waals surface area contributed by atoms with Crippen molar-refractivity contribution < 1.29 is 14.2 Å². The number of rotatable bonds is 3. The number of benzene rings is 2. The molecule has 1 N–H and O–H groups in total. The number of fused-ring (bicyclic) bond motifs is 1. The number of para-hydroxylation sites is 1. The highest BCUT2D eigenvalue weighted by atomic mass is 16.5. The lowest BCUT2D eigenvalue weighted by atomic mass is 9.80. The van der Waals surface area contributed by atoms with Crippen LogP contribution in [0.25, 0.3) is 0 Å². The molecule has 0 aromatic heterocycles. The third-order valence-corrected chi connectivity index (χ3v) is 5.00. The lowest BCUT2D eigenvalue weighted by Gasteiger charge is -2.26. The lowest BCUT2D eigenvalue weighted by Crippen LogP contribution is -2.17. The Balaban J connectivity index is 2.09. The first-order valence-electron chi connectivity index (χ1n) is 9.39. The molecule has 1 atom stereocenters. The van der Waals surface area contributed by atoms with Gasteiger partial charge in [-0.1, -0.05) is 53.7 Å². The molecule has 1 unspecified atom stereocenters. The van der Waals surface area contributed by atoms with Gasteiger partial charge >= 0.3 is 0 Å². The molecule has 2 aromatic rings. The van der Waals surface area contributed by atoms with Gasteiger partial charge < -0.3 is 19.5 Å². The van der Waals surface area contributed by atoms with E-state index in [1.54, 1.807) is 14.2 Å². The van der Waals surface area contributed by atoms with Gasteiger partial charge in [0.15, 0.2) is 17.7 Å². The maximum atomic E-state index is 6.41. The van der Waals surface area contributed by atoms with Crippen LogP contribution in [-0.2, 0) is 10.8 Å². The quantitative estimate of drug-likeness (QED) is 0.742. The fourth-order valence-electron chi connectivity index (χ4n) is 3.40. The van der Waals surface area contributed by atoms with Crippen molar-refractivity contribution in [3.05, 3.63) is 47.0 Å². The van der Waals surface area contributed by atoms with Gasteiger partial charge in [-0.25, -0.2) is 0 Å². The van der Waals surface area contributed by atoms with E-state index in [1.807, 2.05) is 18.2 Å². The summed E-state index contributed by atoms with van der Waals surface area (Å²) in [6.45, 7) is 13.4. The Morgan fingerprint density at radius 1 is 0.926 bits per heavy atom. The van der Waals surface area contributed by atoms with Crippen LogP contribution in [-0.4, -0.2) is 14.2 Å². The van der Waals surface area contributed by atoms with Crippen molar-refractivity contribution in [1.82, 2.24) is 0 Å². The largest absolute Gasteiger partial charge is 0.493 e. The summed E-state index contributed by atoms with van der Waals surface area (Å²) >= 11 is 0. The van der Waals surface area contributed by atoms with Gasteiger partial charge in [-0.2, -0.15) is 0 Å². The third-order valence-electron chi connectivity index (χ3n) is 5.00. The van der Waals surface area contributed by atoms with Gasteiger partial charge in [0.1, 0.15) is 5.75 Å². The van der Waals surface area contributed by atoms with Gasteiger partial charge in [-0.3, -0.25) is 0 Å². The molecule has 0 aliphatic carbocycles. The molecular formula is C23H31NO3. The lowest BCUT2D eigenvalue weighted by molar-refractivity contribution is 0.244. The normalized spacial score (nSPS) is 16.4. The van der Waals surface area contributed by atoms with E-state index in [-0.39, 0.29) is 17.1 Å². The summed E-state index contributed by atoms with van der Waals surface area (Å²) in [7, 11) is 3.30. The zero-order valence-electron chi connectivity index (χ0n) is 17.7. The van der Waals surface area contributed by atoms with Crippen molar-refractivity contribution in [1.29, 1.82) is 0 Å². The molecular weight excluding hydrogens is 338 g/mol. The summed E-state index contributed by atoms with van der Waals surface area (Å²) < 4.78 is 17.5. The SMILES string of the molecule is COc1cccc(C2Nc3cc(C(C)(C)C)cc(C(C)(C)C)c3O2)c1OC. The van der Waals surface area contributed by atoms with Crippen LogP contribution in [0.1, 0.15) is 64.5 Å². The standard InChI is InChI=1S/C23H31NO3/c1-22(2,3)14-12-16(23(4,5)6)20-17(13-14)24-21(27-20)15-10-9-11-18(25-7)19(15)26-8/h9-13,21,24H,1-8H3. The molecule has 0 saturated heterocycles. The Bertz CT molecular complexity index is 844. The molecule has 0 bridgehead atoms. The Morgan fingerprint density at radius 3 is 2.19 bits per heavy atom. The van der Waals surface area contributed by atoms with E-state index in [0.29, 0.717) is 11.5 Å². The fraction of sp³-hybridized carbons (Fsp3) is 0.478. The van der Waals surface area contributed by atoms with Crippen molar-refractivity contribution in [3.8, 4) is 17.2 Å². The van der Waals surface area contributed by atoms with E-state index >= 15 is 0 Å². The zero-order valence-corrected chi connectivity index (χ0v) is 17.7. The van der Waals surface area contributed by atoms with Gasteiger partial charge in [0, 0.05) is 5.56 Å². The molecule has 3 rings (SSSR count). The smallest absolute Gasteiger partial charge is 0.200 e. The molecule has 1 aliphatic heterocycles. The summed E-state index contributed by atoms with van der Waals surface area (Å²) in [5, 5.41) is 3.54. The van der Waals surface area contributed by atoms with Gasteiger partial charge in [-0.15, -0.1) is 0 Å². The number of ether oxygens (including phenoxy) is 3. The Morgan fingerprint density at radius 2 is 1.63 bits per heavy atom. The molecule has 0 radical (unpaired) electrons. The van der Waals surface area contributed by atoms with E-state index in [2.05, 4.69) is 59.0 Å². The van der Waals surface area contributed by atoms with E-state index in [1.165, 1.54) is 11.1 Å². The highest BCUT2D eigenvalue weighted by Crippen LogP contribution is 2.49. The number of nitrogens with one attached hydrogen (secondary N) is 1. The predicted octanol–water partition coefficient (Wildman–Crippen LogP) is 5.80. The van der Waals surface area contributed by atoms with E-state index in [9.17, 15) is 0 Å². The highest BCUT2D eigenvalue weighted by Gasteiger charge is 2.34. The molecule has 1 heterocycles. The van der Waals surface area contributed by atoms with Crippen molar-refractivity contribution in [2.45, 2.75) is 58.6 Å². The highest BCUT2D eigenvalue weighted by molar-refractivity contribution is 5.68. The first-order valence-corrected chi connectivity index (χ1v) is 9.39. The zero-order chi connectivity index (χ0) is 20.0. The average molecular weight is 370 g/mol. The molecule has 146 valence electrons. The summed E-state index contributed by atoms with van der Waals surface area (Å²) in [5.41, 5.74) is 4.48. The monoisotopic (exact) mass is 369 g/mol. The fourth-order valence-corrected chi connectivity index (χ4v) is 3.40. The van der Waals surface area contributed by atoms with Crippen molar-refractivity contribution >= 4 is 5.69 Å². The first kappa shape index (κ1) is 19.4. The molecule has 4 nitrogen and oxygen atoms in total. The number of hydrogen-bond donors (Lipinski definition) is 1. The van der Waals surface area contributed by atoms with Crippen LogP contribution >= 0.6 is 0 Å². The minimum Gasteiger partial charge on any atom is -0.493 e. The van der Waals surface area contributed by atoms with Crippen molar-refractivity contribution in [3.63, 3.8) is 0 Å². The third kappa shape index (κ3) is 3.58. The van der Waals surface area contributed by atoms with Crippen LogP contribution < -0.4 is 19.5 Å². The Labute approximate surface area is 162 Å². The molecule has 0 amide bonds. The van der Waals surface area contributed by atoms with Gasteiger partial charge in [0.2, 0.25) is 0 Å². The van der Waals surface area contributed by atoms with Crippen molar-refractivity contribution in [2.24, 2.45) is 0 Å². The van der Waals surface area contributed by atoms with Gasteiger partial charge in [-0.05, 0) is 34.6 Å². The maximum Gasteiger partial charge on any atom is 0.200 e. The van der Waals surface area contributed by atoms with Crippen LogP contribution in [0.15, 0.2) is 30.3 Å². The van der Waals surface area contributed by atoms with Crippen LogP contribution in [0.3, 0.4) is 0 Å². The van der Waals surface area contributed by atoms with Gasteiger partial charge in [0.25, 0.3) is 0 Å². The summed E-state index contributed by atoms with van der Waals surface area (Å²) in [6.07, 6.45) is -0.318. The molecule has 1 aliphatic rings. The summed E-state index contributed by atoms with van der Waals surface area (Å²) in [5.74, 6) is 2.31. The Kier molecular flexibility index (Phi) is 4.79. The second-order valence-corrected chi connectivity index (χ2v) is 9.13. The van der Waals surface area contributed by atoms with E-state index in [4.69, 9.17) is 14.2 Å². The average Bonchev–Trinajstić information content (AvgIpc) is 3.02. The first-order chi connectivity index (χ1) is 12.6. The Hall–Kier alpha value is -2.36. The van der Waals surface area contributed by atoms with Crippen LogP contribution in [0, 0.1) is 0 Å².